The lowest BCUT2D eigenvalue weighted by Crippen LogP contribution is -2.26. The van der Waals surface area contributed by atoms with Crippen molar-refractivity contribution in [1.82, 2.24) is 19.5 Å². The molecule has 0 aliphatic heterocycles. The molecule has 2 heterocycles. The van der Waals surface area contributed by atoms with Crippen molar-refractivity contribution in [2.75, 3.05) is 6.54 Å². The van der Waals surface area contributed by atoms with Gasteiger partial charge in [-0.2, -0.15) is 0 Å². The number of aryl methyl sites for hydroxylation is 1. The fourth-order valence-electron chi connectivity index (χ4n) is 3.13. The highest BCUT2D eigenvalue weighted by Crippen LogP contribution is 2.27. The van der Waals surface area contributed by atoms with Gasteiger partial charge < -0.3 is 0 Å². The number of hydrogen-bond donors (Lipinski definition) is 1. The van der Waals surface area contributed by atoms with Crippen LogP contribution in [0.4, 0.5) is 4.39 Å². The minimum absolute atomic E-state index is 0.125. The van der Waals surface area contributed by atoms with Gasteiger partial charge in [0.15, 0.2) is 5.16 Å². The molecular formula is C22H20ClFN4O2S3. The van der Waals surface area contributed by atoms with Crippen LogP contribution in [0.25, 0.3) is 5.69 Å². The van der Waals surface area contributed by atoms with Gasteiger partial charge in [0.1, 0.15) is 15.9 Å². The lowest BCUT2D eigenvalue weighted by atomic mass is 10.1. The third-order valence-corrected chi connectivity index (χ3v) is 9.02. The summed E-state index contributed by atoms with van der Waals surface area (Å²) in [4.78, 5) is 0. The first-order valence-corrected chi connectivity index (χ1v) is 13.6. The average Bonchev–Trinajstić information content (AvgIpc) is 3.40. The standard InChI is InChI=1S/C22H20ClFN4O2S3/c1-15-4-2-3-5-16(15)14-31-22-27-26-20(28(22)18-8-6-17(24)7-9-18)12-13-25-33(29,30)21-11-10-19(23)32-21/h2-11,25H,12-14H2,1H3. The van der Waals surface area contributed by atoms with Crippen LogP contribution in [0.1, 0.15) is 17.0 Å². The van der Waals surface area contributed by atoms with Crippen LogP contribution in [-0.4, -0.2) is 29.7 Å². The number of thiophene rings is 1. The van der Waals surface area contributed by atoms with E-state index in [1.807, 2.05) is 16.7 Å². The van der Waals surface area contributed by atoms with E-state index in [1.54, 1.807) is 18.2 Å². The molecule has 0 saturated heterocycles. The maximum Gasteiger partial charge on any atom is 0.250 e. The number of sulfonamides is 1. The van der Waals surface area contributed by atoms with Crippen LogP contribution in [0.15, 0.2) is 70.0 Å². The fraction of sp³-hybridized carbons (Fsp3) is 0.182. The monoisotopic (exact) mass is 522 g/mol. The lowest BCUT2D eigenvalue weighted by Gasteiger charge is -2.11. The zero-order valence-corrected chi connectivity index (χ0v) is 20.7. The molecule has 33 heavy (non-hydrogen) atoms. The summed E-state index contributed by atoms with van der Waals surface area (Å²) in [6.07, 6.45) is 0.299. The van der Waals surface area contributed by atoms with E-state index in [-0.39, 0.29) is 16.6 Å². The Morgan fingerprint density at radius 3 is 2.55 bits per heavy atom. The van der Waals surface area contributed by atoms with Crippen LogP contribution in [-0.2, 0) is 22.2 Å². The quantitative estimate of drug-likeness (QED) is 0.304. The summed E-state index contributed by atoms with van der Waals surface area (Å²) in [6.45, 7) is 2.18. The largest absolute Gasteiger partial charge is 0.274 e. The van der Waals surface area contributed by atoms with E-state index in [1.165, 1.54) is 41.1 Å². The molecule has 0 fully saturated rings. The van der Waals surface area contributed by atoms with E-state index in [4.69, 9.17) is 11.6 Å². The Kier molecular flexibility index (Phi) is 7.50. The van der Waals surface area contributed by atoms with Gasteiger partial charge in [-0.05, 0) is 54.4 Å². The number of halogens is 2. The lowest BCUT2D eigenvalue weighted by molar-refractivity contribution is 0.582. The van der Waals surface area contributed by atoms with Gasteiger partial charge in [-0.3, -0.25) is 4.57 Å². The molecule has 0 atom stereocenters. The average molecular weight is 523 g/mol. The van der Waals surface area contributed by atoms with Gasteiger partial charge in [-0.1, -0.05) is 47.6 Å². The van der Waals surface area contributed by atoms with E-state index in [2.05, 4.69) is 34.0 Å². The minimum Gasteiger partial charge on any atom is -0.274 e. The molecule has 0 amide bonds. The number of rotatable bonds is 9. The molecule has 2 aromatic carbocycles. The van der Waals surface area contributed by atoms with Crippen molar-refractivity contribution in [3.05, 3.63) is 87.8 Å². The second kappa shape index (κ2) is 10.4. The number of hydrogen-bond acceptors (Lipinski definition) is 6. The summed E-state index contributed by atoms with van der Waals surface area (Å²) in [5, 5.41) is 9.26. The number of thioether (sulfide) groups is 1. The van der Waals surface area contributed by atoms with Crippen molar-refractivity contribution in [3.63, 3.8) is 0 Å². The maximum atomic E-state index is 13.5. The Balaban J connectivity index is 1.54. The van der Waals surface area contributed by atoms with E-state index in [0.29, 0.717) is 33.2 Å². The van der Waals surface area contributed by atoms with Gasteiger partial charge in [0.2, 0.25) is 10.0 Å². The predicted molar refractivity (Wildman–Crippen MR) is 130 cm³/mol. The van der Waals surface area contributed by atoms with Gasteiger partial charge in [-0.15, -0.1) is 21.5 Å². The zero-order valence-electron chi connectivity index (χ0n) is 17.5. The molecule has 0 spiro atoms. The van der Waals surface area contributed by atoms with Gasteiger partial charge >= 0.3 is 0 Å². The first-order chi connectivity index (χ1) is 15.8. The van der Waals surface area contributed by atoms with E-state index in [0.717, 1.165) is 11.3 Å². The Bertz CT molecular complexity index is 1350. The molecule has 4 aromatic rings. The molecule has 0 unspecified atom stereocenters. The first kappa shape index (κ1) is 23.9. The Hall–Kier alpha value is -2.24. The summed E-state index contributed by atoms with van der Waals surface area (Å²) in [7, 11) is -3.67. The van der Waals surface area contributed by atoms with Crippen LogP contribution in [0.2, 0.25) is 4.34 Å². The third-order valence-electron chi connectivity index (χ3n) is 4.86. The number of benzene rings is 2. The summed E-state index contributed by atoms with van der Waals surface area (Å²) in [5.74, 6) is 0.920. The second-order valence-electron chi connectivity index (χ2n) is 7.13. The highest BCUT2D eigenvalue weighted by Gasteiger charge is 2.19. The summed E-state index contributed by atoms with van der Waals surface area (Å²) >= 11 is 8.37. The van der Waals surface area contributed by atoms with Gasteiger partial charge in [0.25, 0.3) is 0 Å². The van der Waals surface area contributed by atoms with E-state index < -0.39 is 10.0 Å². The van der Waals surface area contributed by atoms with Gasteiger partial charge in [0, 0.05) is 24.4 Å². The highest BCUT2D eigenvalue weighted by molar-refractivity contribution is 7.98. The third kappa shape index (κ3) is 5.82. The molecule has 0 saturated carbocycles. The van der Waals surface area contributed by atoms with Crippen molar-refractivity contribution >= 4 is 44.7 Å². The normalized spacial score (nSPS) is 11.7. The SMILES string of the molecule is Cc1ccccc1CSc1nnc(CCNS(=O)(=O)c2ccc(Cl)s2)n1-c1ccc(F)cc1. The van der Waals surface area contributed by atoms with Gasteiger partial charge in [-0.25, -0.2) is 17.5 Å². The van der Waals surface area contributed by atoms with Crippen LogP contribution in [0.5, 0.6) is 0 Å². The number of nitrogens with one attached hydrogen (secondary N) is 1. The van der Waals surface area contributed by atoms with Crippen LogP contribution < -0.4 is 4.72 Å². The highest BCUT2D eigenvalue weighted by atomic mass is 35.5. The first-order valence-electron chi connectivity index (χ1n) is 9.96. The predicted octanol–water partition coefficient (Wildman–Crippen LogP) is 5.24. The number of nitrogens with zero attached hydrogens (tertiary/aromatic N) is 3. The summed E-state index contributed by atoms with van der Waals surface area (Å²) in [6, 6.07) is 17.2. The molecule has 2 aromatic heterocycles. The van der Waals surface area contributed by atoms with E-state index >= 15 is 0 Å². The summed E-state index contributed by atoms with van der Waals surface area (Å²) in [5.41, 5.74) is 3.07. The molecule has 172 valence electrons. The Morgan fingerprint density at radius 2 is 1.85 bits per heavy atom. The molecule has 11 heteroatoms. The molecule has 0 bridgehead atoms. The number of aromatic nitrogens is 3. The van der Waals surface area contributed by atoms with Crippen molar-refractivity contribution in [2.24, 2.45) is 0 Å². The second-order valence-corrected chi connectivity index (χ2v) is 11.8. The maximum absolute atomic E-state index is 13.5. The van der Waals surface area contributed by atoms with Crippen LogP contribution in [0, 0.1) is 12.7 Å². The topological polar surface area (TPSA) is 76.9 Å². The fourth-order valence-corrected chi connectivity index (χ4v) is 6.74. The molecule has 0 aliphatic carbocycles. The van der Waals surface area contributed by atoms with Crippen molar-refractivity contribution in [1.29, 1.82) is 0 Å². The van der Waals surface area contributed by atoms with Crippen molar-refractivity contribution in [3.8, 4) is 5.69 Å². The Morgan fingerprint density at radius 1 is 1.09 bits per heavy atom. The van der Waals surface area contributed by atoms with Crippen LogP contribution >= 0.6 is 34.7 Å². The molecule has 0 aliphatic rings. The van der Waals surface area contributed by atoms with E-state index in [9.17, 15) is 12.8 Å². The van der Waals surface area contributed by atoms with Crippen LogP contribution in [0.3, 0.4) is 0 Å². The molecule has 0 radical (unpaired) electrons. The molecule has 6 nitrogen and oxygen atoms in total. The minimum atomic E-state index is -3.67. The molecular weight excluding hydrogens is 503 g/mol. The Labute approximate surface area is 204 Å². The zero-order chi connectivity index (χ0) is 23.4. The summed E-state index contributed by atoms with van der Waals surface area (Å²) < 4.78 is 43.4. The molecule has 1 N–H and O–H groups in total. The van der Waals surface area contributed by atoms with Crippen molar-refractivity contribution in [2.45, 2.75) is 28.5 Å². The van der Waals surface area contributed by atoms with Crippen molar-refractivity contribution < 1.29 is 12.8 Å². The van der Waals surface area contributed by atoms with Gasteiger partial charge in [0.05, 0.1) is 4.34 Å². The molecule has 4 rings (SSSR count). The smallest absolute Gasteiger partial charge is 0.250 e.